The van der Waals surface area contributed by atoms with E-state index in [-0.39, 0.29) is 5.78 Å². The van der Waals surface area contributed by atoms with Crippen molar-refractivity contribution in [3.05, 3.63) is 64.2 Å². The van der Waals surface area contributed by atoms with Crippen LogP contribution < -0.4 is 9.47 Å². The zero-order valence-corrected chi connectivity index (χ0v) is 13.4. The molecule has 0 saturated carbocycles. The zero-order valence-electron chi connectivity index (χ0n) is 12.7. The van der Waals surface area contributed by atoms with Gasteiger partial charge in [-0.05, 0) is 29.8 Å². The summed E-state index contributed by atoms with van der Waals surface area (Å²) in [6.07, 6.45) is 3.10. The van der Waals surface area contributed by atoms with Gasteiger partial charge in [0.2, 0.25) is 0 Å². The van der Waals surface area contributed by atoms with Gasteiger partial charge in [-0.3, -0.25) is 4.79 Å². The molecule has 0 fully saturated rings. The molecule has 0 aliphatic rings. The first-order valence-electron chi connectivity index (χ1n) is 6.73. The lowest BCUT2D eigenvalue weighted by molar-refractivity contribution is 0.104. The van der Waals surface area contributed by atoms with Gasteiger partial charge in [-0.15, -0.1) is 0 Å². The summed E-state index contributed by atoms with van der Waals surface area (Å²) >= 11 is 6.07. The number of nitrogens with zero attached hydrogens (tertiary/aromatic N) is 1. The molecule has 0 amide bonds. The van der Waals surface area contributed by atoms with Gasteiger partial charge in [0.05, 0.1) is 36.4 Å². The number of carbonyl (C=O) groups is 1. The summed E-state index contributed by atoms with van der Waals surface area (Å²) in [4.78, 5) is 12.4. The van der Waals surface area contributed by atoms with Crippen LogP contribution in [0.25, 0.3) is 6.08 Å². The van der Waals surface area contributed by atoms with Crippen LogP contribution in [-0.4, -0.2) is 20.0 Å². The molecule has 2 aromatic rings. The average Bonchev–Trinajstić information content (AvgIpc) is 2.59. The third-order valence-corrected chi connectivity index (χ3v) is 3.50. The second-order valence-corrected chi connectivity index (χ2v) is 5.03. The molecule has 0 N–H and O–H groups in total. The highest BCUT2D eigenvalue weighted by molar-refractivity contribution is 6.32. The maximum Gasteiger partial charge on any atom is 0.189 e. The molecule has 116 valence electrons. The Balaban J connectivity index is 2.27. The van der Waals surface area contributed by atoms with Gasteiger partial charge in [0, 0.05) is 6.07 Å². The average molecular weight is 328 g/mol. The predicted octanol–water partition coefficient (Wildman–Crippen LogP) is 4.12. The summed E-state index contributed by atoms with van der Waals surface area (Å²) in [5.41, 5.74) is 1.73. The highest BCUT2D eigenvalue weighted by atomic mass is 35.5. The van der Waals surface area contributed by atoms with Gasteiger partial charge < -0.3 is 9.47 Å². The summed E-state index contributed by atoms with van der Waals surface area (Å²) in [5.74, 6) is 0.590. The number of hydrogen-bond donors (Lipinski definition) is 0. The van der Waals surface area contributed by atoms with E-state index in [0.29, 0.717) is 27.6 Å². The number of nitriles is 1. The molecule has 4 nitrogen and oxygen atoms in total. The van der Waals surface area contributed by atoms with Crippen LogP contribution >= 0.6 is 11.6 Å². The fraction of sp³-hybridized carbons (Fsp3) is 0.111. The van der Waals surface area contributed by atoms with Crippen LogP contribution in [0.1, 0.15) is 21.5 Å². The van der Waals surface area contributed by atoms with Crippen molar-refractivity contribution in [2.75, 3.05) is 14.2 Å². The van der Waals surface area contributed by atoms with Crippen LogP contribution in [0.2, 0.25) is 5.02 Å². The molecule has 0 aromatic heterocycles. The van der Waals surface area contributed by atoms with Crippen molar-refractivity contribution in [2.24, 2.45) is 0 Å². The summed E-state index contributed by atoms with van der Waals surface area (Å²) in [5, 5.41) is 9.10. The van der Waals surface area contributed by atoms with Crippen LogP contribution in [0.15, 0.2) is 42.5 Å². The summed E-state index contributed by atoms with van der Waals surface area (Å²) in [6, 6.07) is 12.0. The maximum absolute atomic E-state index is 12.4. The molecule has 2 rings (SSSR count). The van der Waals surface area contributed by atoms with E-state index in [2.05, 4.69) is 0 Å². The summed E-state index contributed by atoms with van der Waals surface area (Å²) in [6.45, 7) is 0. The Labute approximate surface area is 139 Å². The molecule has 0 bridgehead atoms. The van der Waals surface area contributed by atoms with E-state index in [1.807, 2.05) is 6.07 Å². The Hall–Kier alpha value is -2.77. The third-order valence-electron chi connectivity index (χ3n) is 3.21. The molecule has 23 heavy (non-hydrogen) atoms. The van der Waals surface area contributed by atoms with Crippen LogP contribution in [0, 0.1) is 11.3 Å². The minimum absolute atomic E-state index is 0.240. The number of methoxy groups -OCH3 is 2. The quantitative estimate of drug-likeness (QED) is 0.612. The number of carbonyl (C=O) groups excluding carboxylic acids is 1. The number of ketones is 1. The standard InChI is InChI=1S/C18H14ClNO3/c1-22-17-10-18(23-2)15(19)9-14(17)16(21)8-7-12-3-5-13(11-20)6-4-12/h3-10H,1-2H3/b8-7+. The number of halogens is 1. The molecule has 2 aromatic carbocycles. The van der Waals surface area contributed by atoms with Crippen molar-refractivity contribution in [1.29, 1.82) is 5.26 Å². The number of benzene rings is 2. The van der Waals surface area contributed by atoms with Crippen molar-refractivity contribution in [3.8, 4) is 17.6 Å². The van der Waals surface area contributed by atoms with Crippen molar-refractivity contribution in [2.45, 2.75) is 0 Å². The highest BCUT2D eigenvalue weighted by Crippen LogP contribution is 2.33. The second-order valence-electron chi connectivity index (χ2n) is 4.62. The van der Waals surface area contributed by atoms with Gasteiger partial charge in [-0.2, -0.15) is 5.26 Å². The minimum atomic E-state index is -0.240. The molecule has 5 heteroatoms. The first-order valence-corrected chi connectivity index (χ1v) is 7.11. The zero-order chi connectivity index (χ0) is 16.8. The van der Waals surface area contributed by atoms with Crippen molar-refractivity contribution >= 4 is 23.5 Å². The number of ether oxygens (including phenoxy) is 2. The monoisotopic (exact) mass is 327 g/mol. The number of rotatable bonds is 5. The van der Waals surface area contributed by atoms with Gasteiger partial charge in [0.1, 0.15) is 11.5 Å². The number of hydrogen-bond acceptors (Lipinski definition) is 4. The second kappa shape index (κ2) is 7.48. The lowest BCUT2D eigenvalue weighted by atomic mass is 10.1. The Morgan fingerprint density at radius 3 is 2.35 bits per heavy atom. The van der Waals surface area contributed by atoms with E-state index < -0.39 is 0 Å². The molecular weight excluding hydrogens is 314 g/mol. The van der Waals surface area contributed by atoms with E-state index in [1.54, 1.807) is 36.4 Å². The van der Waals surface area contributed by atoms with Crippen molar-refractivity contribution in [1.82, 2.24) is 0 Å². The lowest BCUT2D eigenvalue weighted by Crippen LogP contribution is -2.00. The summed E-state index contributed by atoms with van der Waals surface area (Å²) < 4.78 is 10.3. The van der Waals surface area contributed by atoms with Crippen LogP contribution in [0.5, 0.6) is 11.5 Å². The molecule has 0 spiro atoms. The van der Waals surface area contributed by atoms with E-state index in [4.69, 9.17) is 26.3 Å². The van der Waals surface area contributed by atoms with Gasteiger partial charge in [0.15, 0.2) is 5.78 Å². The van der Waals surface area contributed by atoms with Crippen molar-refractivity contribution < 1.29 is 14.3 Å². The number of allylic oxidation sites excluding steroid dienone is 1. The third kappa shape index (κ3) is 3.91. The van der Waals surface area contributed by atoms with Crippen molar-refractivity contribution in [3.63, 3.8) is 0 Å². The normalized spacial score (nSPS) is 10.3. The molecule has 0 atom stereocenters. The maximum atomic E-state index is 12.4. The van der Waals surface area contributed by atoms with Crippen LogP contribution in [-0.2, 0) is 0 Å². The summed E-state index contributed by atoms with van der Waals surface area (Å²) in [7, 11) is 2.97. The molecule has 0 saturated heterocycles. The molecule has 0 aliphatic carbocycles. The minimum Gasteiger partial charge on any atom is -0.496 e. The molecule has 0 aliphatic heterocycles. The topological polar surface area (TPSA) is 59.3 Å². The lowest BCUT2D eigenvalue weighted by Gasteiger charge is -2.10. The largest absolute Gasteiger partial charge is 0.496 e. The van der Waals surface area contributed by atoms with Crippen LogP contribution in [0.4, 0.5) is 0 Å². The fourth-order valence-corrected chi connectivity index (χ4v) is 2.22. The SMILES string of the molecule is COc1cc(OC)c(C(=O)/C=C/c2ccc(C#N)cc2)cc1Cl. The van der Waals surface area contributed by atoms with E-state index in [9.17, 15) is 4.79 Å². The van der Waals surface area contributed by atoms with E-state index >= 15 is 0 Å². The Kier molecular flexibility index (Phi) is 5.40. The van der Waals surface area contributed by atoms with E-state index in [1.165, 1.54) is 26.4 Å². The molecule has 0 unspecified atom stereocenters. The van der Waals surface area contributed by atoms with Gasteiger partial charge >= 0.3 is 0 Å². The van der Waals surface area contributed by atoms with Gasteiger partial charge in [-0.25, -0.2) is 0 Å². The highest BCUT2D eigenvalue weighted by Gasteiger charge is 2.14. The fourth-order valence-electron chi connectivity index (χ4n) is 1.98. The smallest absolute Gasteiger partial charge is 0.189 e. The molecular formula is C18H14ClNO3. The van der Waals surface area contributed by atoms with Crippen LogP contribution in [0.3, 0.4) is 0 Å². The molecule has 0 heterocycles. The first kappa shape index (κ1) is 16.6. The van der Waals surface area contributed by atoms with Gasteiger partial charge in [-0.1, -0.05) is 29.8 Å². The molecule has 0 radical (unpaired) electrons. The Bertz CT molecular complexity index is 789. The first-order chi connectivity index (χ1) is 11.1. The Morgan fingerprint density at radius 2 is 1.78 bits per heavy atom. The predicted molar refractivity (Wildman–Crippen MR) is 89.1 cm³/mol. The Morgan fingerprint density at radius 1 is 1.13 bits per heavy atom. The van der Waals surface area contributed by atoms with Gasteiger partial charge in [0.25, 0.3) is 0 Å². The van der Waals surface area contributed by atoms with E-state index in [0.717, 1.165) is 5.56 Å².